The van der Waals surface area contributed by atoms with Crippen molar-refractivity contribution in [3.05, 3.63) is 58.5 Å². The van der Waals surface area contributed by atoms with Gasteiger partial charge in [0.05, 0.1) is 12.1 Å². The first-order valence-electron chi connectivity index (χ1n) is 9.84. The number of nitrogens with zero attached hydrogens (tertiary/aromatic N) is 1. The first-order valence-corrected chi connectivity index (χ1v) is 9.84. The van der Waals surface area contributed by atoms with Gasteiger partial charge in [0, 0.05) is 24.7 Å². The van der Waals surface area contributed by atoms with Crippen LogP contribution < -0.4 is 10.6 Å². The molecule has 1 aliphatic heterocycles. The Balaban J connectivity index is 1.44. The largest absolute Gasteiger partial charge is 0.466 e. The van der Waals surface area contributed by atoms with Crippen molar-refractivity contribution in [1.82, 2.24) is 15.5 Å². The van der Waals surface area contributed by atoms with Gasteiger partial charge in [-0.2, -0.15) is 0 Å². The van der Waals surface area contributed by atoms with Crippen molar-refractivity contribution < 1.29 is 18.8 Å². The van der Waals surface area contributed by atoms with Gasteiger partial charge in [0.15, 0.2) is 0 Å². The number of amides is 3. The molecule has 7 nitrogen and oxygen atoms in total. The maximum Gasteiger partial charge on any atom is 0.255 e. The Morgan fingerprint density at radius 3 is 2.34 bits per heavy atom. The molecule has 1 fully saturated rings. The van der Waals surface area contributed by atoms with Gasteiger partial charge in [0.2, 0.25) is 5.91 Å². The predicted octanol–water partition coefficient (Wildman–Crippen LogP) is 2.36. The molecule has 0 bridgehead atoms. The average molecular weight is 397 g/mol. The minimum absolute atomic E-state index is 0.0392. The monoisotopic (exact) mass is 397 g/mol. The van der Waals surface area contributed by atoms with Crippen LogP contribution in [0, 0.1) is 20.8 Å². The van der Waals surface area contributed by atoms with Gasteiger partial charge in [-0.25, -0.2) is 0 Å². The van der Waals surface area contributed by atoms with Crippen LogP contribution in [-0.2, 0) is 4.79 Å². The van der Waals surface area contributed by atoms with Crippen molar-refractivity contribution in [2.45, 2.75) is 39.7 Å². The van der Waals surface area contributed by atoms with Crippen LogP contribution in [0.3, 0.4) is 0 Å². The molecule has 3 rings (SSSR count). The summed E-state index contributed by atoms with van der Waals surface area (Å²) in [5.41, 5.74) is 2.07. The standard InChI is InChI=1S/C22H27N3O4/c1-14-6-4-5-7-18(14)22(28)24-17-8-10-25(11-9-17)20(26)13-23-21(27)19-12-15(2)29-16(19)3/h4-7,12,17H,8-11,13H2,1-3H3,(H,23,27)(H,24,28). The Bertz CT molecular complexity index is 911. The molecule has 1 aromatic carbocycles. The molecule has 1 aromatic heterocycles. The molecule has 3 amide bonds. The Hall–Kier alpha value is -3.09. The van der Waals surface area contributed by atoms with Crippen LogP contribution in [0.5, 0.6) is 0 Å². The molecule has 1 saturated heterocycles. The summed E-state index contributed by atoms with van der Waals surface area (Å²) in [7, 11) is 0. The number of hydrogen-bond acceptors (Lipinski definition) is 4. The zero-order valence-electron chi connectivity index (χ0n) is 17.1. The molecule has 0 atom stereocenters. The van der Waals surface area contributed by atoms with Crippen molar-refractivity contribution in [3.8, 4) is 0 Å². The highest BCUT2D eigenvalue weighted by molar-refractivity contribution is 5.97. The third kappa shape index (κ3) is 5.04. The summed E-state index contributed by atoms with van der Waals surface area (Å²) >= 11 is 0. The van der Waals surface area contributed by atoms with E-state index in [1.165, 1.54) is 0 Å². The summed E-state index contributed by atoms with van der Waals surface area (Å²) in [6.45, 7) is 6.46. The number of rotatable bonds is 5. The van der Waals surface area contributed by atoms with E-state index in [2.05, 4.69) is 10.6 Å². The maximum atomic E-state index is 12.4. The number of furan rings is 1. The van der Waals surface area contributed by atoms with Crippen molar-refractivity contribution in [2.24, 2.45) is 0 Å². The highest BCUT2D eigenvalue weighted by Crippen LogP contribution is 2.15. The Kier molecular flexibility index (Phi) is 6.36. The molecular formula is C22H27N3O4. The zero-order valence-corrected chi connectivity index (χ0v) is 17.1. The quantitative estimate of drug-likeness (QED) is 0.810. The Labute approximate surface area is 170 Å². The molecule has 2 aromatic rings. The number of hydrogen-bond donors (Lipinski definition) is 2. The van der Waals surface area contributed by atoms with E-state index in [0.717, 1.165) is 5.56 Å². The molecule has 0 radical (unpaired) electrons. The summed E-state index contributed by atoms with van der Waals surface area (Å²) in [4.78, 5) is 38.8. The van der Waals surface area contributed by atoms with E-state index in [9.17, 15) is 14.4 Å². The molecule has 1 aliphatic rings. The topological polar surface area (TPSA) is 91.7 Å². The lowest BCUT2D eigenvalue weighted by molar-refractivity contribution is -0.131. The van der Waals surface area contributed by atoms with Gasteiger partial charge in [-0.15, -0.1) is 0 Å². The van der Waals surface area contributed by atoms with Crippen LogP contribution in [0.25, 0.3) is 0 Å². The second-order valence-electron chi connectivity index (χ2n) is 7.45. The average Bonchev–Trinajstić information content (AvgIpc) is 3.04. The molecule has 0 aliphatic carbocycles. The van der Waals surface area contributed by atoms with E-state index in [4.69, 9.17) is 4.42 Å². The fourth-order valence-electron chi connectivity index (χ4n) is 3.58. The summed E-state index contributed by atoms with van der Waals surface area (Å²) in [6.07, 6.45) is 1.38. The van der Waals surface area contributed by atoms with Crippen LogP contribution in [0.1, 0.15) is 50.6 Å². The summed E-state index contributed by atoms with van der Waals surface area (Å²) in [5, 5.41) is 5.72. The highest BCUT2D eigenvalue weighted by atomic mass is 16.3. The summed E-state index contributed by atoms with van der Waals surface area (Å²) in [6, 6.07) is 9.19. The number of likely N-dealkylation sites (tertiary alicyclic amines) is 1. The molecule has 7 heteroatoms. The van der Waals surface area contributed by atoms with Gasteiger partial charge in [0.1, 0.15) is 11.5 Å². The SMILES string of the molecule is Cc1cc(C(=O)NCC(=O)N2CCC(NC(=O)c3ccccc3C)CC2)c(C)o1. The van der Waals surface area contributed by atoms with E-state index in [0.29, 0.717) is 48.6 Å². The lowest BCUT2D eigenvalue weighted by atomic mass is 10.0. The third-order valence-electron chi connectivity index (χ3n) is 5.26. The van der Waals surface area contributed by atoms with Crippen LogP contribution in [-0.4, -0.2) is 48.3 Å². The molecule has 0 spiro atoms. The summed E-state index contributed by atoms with van der Waals surface area (Å²) < 4.78 is 5.35. The minimum Gasteiger partial charge on any atom is -0.466 e. The normalized spacial score (nSPS) is 14.5. The third-order valence-corrected chi connectivity index (χ3v) is 5.26. The van der Waals surface area contributed by atoms with E-state index >= 15 is 0 Å². The van der Waals surface area contributed by atoms with E-state index < -0.39 is 0 Å². The van der Waals surface area contributed by atoms with Gasteiger partial charge < -0.3 is 20.0 Å². The molecule has 0 unspecified atom stereocenters. The minimum atomic E-state index is -0.312. The van der Waals surface area contributed by atoms with E-state index in [1.807, 2.05) is 31.2 Å². The lowest BCUT2D eigenvalue weighted by Crippen LogP contribution is -2.49. The molecular weight excluding hydrogens is 370 g/mol. The molecule has 154 valence electrons. The number of benzene rings is 1. The van der Waals surface area contributed by atoms with Crippen LogP contribution in [0.15, 0.2) is 34.7 Å². The molecule has 29 heavy (non-hydrogen) atoms. The first-order chi connectivity index (χ1) is 13.8. The molecule has 0 saturated carbocycles. The maximum absolute atomic E-state index is 12.4. The van der Waals surface area contributed by atoms with Gasteiger partial charge in [-0.05, 0) is 51.3 Å². The number of piperidine rings is 1. The van der Waals surface area contributed by atoms with Gasteiger partial charge in [-0.1, -0.05) is 18.2 Å². The lowest BCUT2D eigenvalue weighted by Gasteiger charge is -2.32. The first kappa shape index (κ1) is 20.6. The predicted molar refractivity (Wildman–Crippen MR) is 109 cm³/mol. The van der Waals surface area contributed by atoms with Crippen LogP contribution in [0.2, 0.25) is 0 Å². The Morgan fingerprint density at radius 1 is 1.03 bits per heavy atom. The summed E-state index contributed by atoms with van der Waals surface area (Å²) in [5.74, 6) is 0.686. The van der Waals surface area contributed by atoms with Crippen molar-refractivity contribution in [2.75, 3.05) is 19.6 Å². The second kappa shape index (κ2) is 8.94. The fourth-order valence-corrected chi connectivity index (χ4v) is 3.58. The van der Waals surface area contributed by atoms with Gasteiger partial charge in [-0.3, -0.25) is 14.4 Å². The molecule has 2 N–H and O–H groups in total. The highest BCUT2D eigenvalue weighted by Gasteiger charge is 2.25. The van der Waals surface area contributed by atoms with Gasteiger partial charge >= 0.3 is 0 Å². The van der Waals surface area contributed by atoms with Crippen LogP contribution in [0.4, 0.5) is 0 Å². The number of carbonyl (C=O) groups is 3. The van der Waals surface area contributed by atoms with Crippen molar-refractivity contribution >= 4 is 17.7 Å². The van der Waals surface area contributed by atoms with Crippen molar-refractivity contribution in [1.29, 1.82) is 0 Å². The number of nitrogens with one attached hydrogen (secondary N) is 2. The zero-order chi connectivity index (χ0) is 21.0. The smallest absolute Gasteiger partial charge is 0.255 e. The second-order valence-corrected chi connectivity index (χ2v) is 7.45. The number of carbonyl (C=O) groups excluding carboxylic acids is 3. The van der Waals surface area contributed by atoms with E-state index in [1.54, 1.807) is 24.8 Å². The molecule has 2 heterocycles. The van der Waals surface area contributed by atoms with Crippen molar-refractivity contribution in [3.63, 3.8) is 0 Å². The Morgan fingerprint density at radius 2 is 1.72 bits per heavy atom. The number of aryl methyl sites for hydroxylation is 3. The van der Waals surface area contributed by atoms with E-state index in [-0.39, 0.29) is 30.3 Å². The van der Waals surface area contributed by atoms with Gasteiger partial charge in [0.25, 0.3) is 11.8 Å². The van der Waals surface area contributed by atoms with Crippen LogP contribution >= 0.6 is 0 Å². The fraction of sp³-hybridized carbons (Fsp3) is 0.409.